The first kappa shape index (κ1) is 15.4. The maximum atomic E-state index is 12.2. The van der Waals surface area contributed by atoms with E-state index in [1.165, 1.54) is 26.2 Å². The van der Waals surface area contributed by atoms with Gasteiger partial charge < -0.3 is 19.1 Å². The van der Waals surface area contributed by atoms with Crippen LogP contribution in [0.1, 0.15) is 15.9 Å². The monoisotopic (exact) mass is 287 g/mol. The molecule has 1 aromatic rings. The van der Waals surface area contributed by atoms with E-state index in [-0.39, 0.29) is 16.7 Å². The third kappa shape index (κ3) is 2.56. The van der Waals surface area contributed by atoms with Gasteiger partial charge in [-0.25, -0.2) is 0 Å². The van der Waals surface area contributed by atoms with E-state index in [4.69, 9.17) is 25.8 Å². The Balaban J connectivity index is 3.70. The van der Waals surface area contributed by atoms with Gasteiger partial charge in [-0.2, -0.15) is 0 Å². The number of carbonyl (C=O) groups is 1. The van der Waals surface area contributed by atoms with E-state index < -0.39 is 0 Å². The number of carbonyl (C=O) groups excluding carboxylic acids is 1. The number of amides is 1. The lowest BCUT2D eigenvalue weighted by atomic mass is 10.0. The smallest absolute Gasteiger partial charge is 0.255 e. The highest BCUT2D eigenvalue weighted by Gasteiger charge is 2.27. The minimum atomic E-state index is -0.221. The van der Waals surface area contributed by atoms with Crippen LogP contribution in [0.2, 0.25) is 5.02 Å². The van der Waals surface area contributed by atoms with Gasteiger partial charge in [-0.05, 0) is 6.92 Å². The normalized spacial score (nSPS) is 10.1. The zero-order chi connectivity index (χ0) is 14.7. The number of ether oxygens (including phenoxy) is 3. The fourth-order valence-electron chi connectivity index (χ4n) is 1.86. The minimum absolute atomic E-state index is 0.219. The summed E-state index contributed by atoms with van der Waals surface area (Å²) in [5.41, 5.74) is 0.963. The van der Waals surface area contributed by atoms with Crippen molar-refractivity contribution in [2.24, 2.45) is 0 Å². The van der Waals surface area contributed by atoms with Gasteiger partial charge in [-0.1, -0.05) is 11.6 Å². The number of rotatable bonds is 4. The van der Waals surface area contributed by atoms with Crippen molar-refractivity contribution < 1.29 is 19.0 Å². The first-order valence-corrected chi connectivity index (χ1v) is 5.98. The number of hydrogen-bond donors (Lipinski definition) is 0. The number of hydrogen-bond acceptors (Lipinski definition) is 4. The summed E-state index contributed by atoms with van der Waals surface area (Å²) in [6, 6.07) is 0. The van der Waals surface area contributed by atoms with Crippen molar-refractivity contribution in [1.82, 2.24) is 4.90 Å². The van der Waals surface area contributed by atoms with E-state index in [9.17, 15) is 4.79 Å². The summed E-state index contributed by atoms with van der Waals surface area (Å²) in [6.45, 7) is 1.75. The van der Waals surface area contributed by atoms with Crippen LogP contribution in [0.4, 0.5) is 0 Å². The zero-order valence-corrected chi connectivity index (χ0v) is 12.7. The lowest BCUT2D eigenvalue weighted by molar-refractivity contribution is 0.0826. The molecule has 0 saturated heterocycles. The minimum Gasteiger partial charge on any atom is -0.492 e. The Morgan fingerprint density at radius 2 is 1.47 bits per heavy atom. The van der Waals surface area contributed by atoms with E-state index in [0.29, 0.717) is 22.6 Å². The molecule has 6 heteroatoms. The summed E-state index contributed by atoms with van der Waals surface area (Å²) >= 11 is 6.26. The summed E-state index contributed by atoms with van der Waals surface area (Å²) in [5, 5.41) is 0.219. The largest absolute Gasteiger partial charge is 0.492 e. The Morgan fingerprint density at radius 3 is 1.84 bits per heavy atom. The molecule has 106 valence electrons. The second kappa shape index (κ2) is 6.02. The van der Waals surface area contributed by atoms with Crippen molar-refractivity contribution in [3.8, 4) is 17.2 Å². The van der Waals surface area contributed by atoms with Gasteiger partial charge in [0.25, 0.3) is 5.91 Å². The van der Waals surface area contributed by atoms with Crippen LogP contribution in [0.3, 0.4) is 0 Å². The van der Waals surface area contributed by atoms with Crippen molar-refractivity contribution in [1.29, 1.82) is 0 Å². The maximum Gasteiger partial charge on any atom is 0.255 e. The van der Waals surface area contributed by atoms with E-state index in [1.807, 2.05) is 0 Å². The van der Waals surface area contributed by atoms with E-state index in [0.717, 1.165) is 0 Å². The molecule has 0 aliphatic carbocycles. The van der Waals surface area contributed by atoms with Crippen molar-refractivity contribution >= 4 is 17.5 Å². The van der Waals surface area contributed by atoms with Crippen LogP contribution in [-0.4, -0.2) is 46.2 Å². The van der Waals surface area contributed by atoms with E-state index in [1.54, 1.807) is 21.0 Å². The molecule has 0 aromatic heterocycles. The summed E-state index contributed by atoms with van der Waals surface area (Å²) < 4.78 is 15.8. The first-order valence-electron chi connectivity index (χ1n) is 5.60. The lowest BCUT2D eigenvalue weighted by Crippen LogP contribution is -2.23. The third-order valence-electron chi connectivity index (χ3n) is 2.78. The second-order valence-corrected chi connectivity index (χ2v) is 4.49. The fourth-order valence-corrected chi connectivity index (χ4v) is 2.24. The molecular weight excluding hydrogens is 270 g/mol. The zero-order valence-electron chi connectivity index (χ0n) is 12.0. The molecule has 0 spiro atoms. The highest BCUT2D eigenvalue weighted by molar-refractivity contribution is 6.36. The van der Waals surface area contributed by atoms with Crippen molar-refractivity contribution in [2.75, 3.05) is 35.4 Å². The third-order valence-corrected chi connectivity index (χ3v) is 3.14. The van der Waals surface area contributed by atoms with Gasteiger partial charge in [-0.3, -0.25) is 4.79 Å². The second-order valence-electron chi connectivity index (χ2n) is 4.11. The molecule has 0 bridgehead atoms. The fraction of sp³-hybridized carbons (Fsp3) is 0.462. The van der Waals surface area contributed by atoms with Crippen LogP contribution >= 0.6 is 11.6 Å². The van der Waals surface area contributed by atoms with Crippen LogP contribution in [0.15, 0.2) is 0 Å². The Hall–Kier alpha value is -1.62. The van der Waals surface area contributed by atoms with Gasteiger partial charge in [0.15, 0.2) is 11.5 Å². The van der Waals surface area contributed by atoms with Gasteiger partial charge in [0.05, 0.1) is 31.9 Å². The first-order chi connectivity index (χ1) is 8.90. The molecule has 0 aliphatic rings. The van der Waals surface area contributed by atoms with Crippen LogP contribution in [0.5, 0.6) is 17.2 Å². The molecule has 5 nitrogen and oxygen atoms in total. The topological polar surface area (TPSA) is 48.0 Å². The number of halogens is 1. The molecule has 0 radical (unpaired) electrons. The molecule has 0 fully saturated rings. The molecular formula is C13H18ClNO4. The summed E-state index contributed by atoms with van der Waals surface area (Å²) in [4.78, 5) is 13.7. The molecule has 0 heterocycles. The standard InChI is InChI=1S/C13H18ClNO4/c1-7-8(13(16)15(2)3)9(14)11(18-5)12(19-6)10(7)17-4/h1-6H3. The summed E-state index contributed by atoms with van der Waals surface area (Å²) in [5.74, 6) is 0.885. The van der Waals surface area contributed by atoms with Crippen LogP contribution in [0, 0.1) is 6.92 Å². The van der Waals surface area contributed by atoms with Crippen molar-refractivity contribution in [2.45, 2.75) is 6.92 Å². The Kier molecular flexibility index (Phi) is 4.89. The number of methoxy groups -OCH3 is 3. The molecule has 0 atom stereocenters. The molecule has 1 amide bonds. The highest BCUT2D eigenvalue weighted by atomic mass is 35.5. The van der Waals surface area contributed by atoms with Crippen molar-refractivity contribution in [3.63, 3.8) is 0 Å². The molecule has 0 aliphatic heterocycles. The SMILES string of the molecule is COc1c(C)c(C(=O)N(C)C)c(Cl)c(OC)c1OC. The van der Waals surface area contributed by atoms with Crippen molar-refractivity contribution in [3.05, 3.63) is 16.1 Å². The molecule has 1 rings (SSSR count). The Morgan fingerprint density at radius 1 is 1.00 bits per heavy atom. The molecule has 0 unspecified atom stereocenters. The quantitative estimate of drug-likeness (QED) is 0.853. The predicted octanol–water partition coefficient (Wildman–Crippen LogP) is 2.38. The Bertz CT molecular complexity index is 469. The summed E-state index contributed by atoms with van der Waals surface area (Å²) in [7, 11) is 7.76. The highest BCUT2D eigenvalue weighted by Crippen LogP contribution is 2.47. The number of benzene rings is 1. The average molecular weight is 288 g/mol. The summed E-state index contributed by atoms with van der Waals surface area (Å²) in [6.07, 6.45) is 0. The molecule has 1 aromatic carbocycles. The maximum absolute atomic E-state index is 12.2. The van der Waals surface area contributed by atoms with Gasteiger partial charge in [0.2, 0.25) is 5.75 Å². The molecule has 0 N–H and O–H groups in total. The van der Waals surface area contributed by atoms with Gasteiger partial charge in [-0.15, -0.1) is 0 Å². The average Bonchev–Trinajstić information content (AvgIpc) is 2.37. The van der Waals surface area contributed by atoms with Crippen LogP contribution in [-0.2, 0) is 0 Å². The lowest BCUT2D eigenvalue weighted by Gasteiger charge is -2.21. The van der Waals surface area contributed by atoms with E-state index in [2.05, 4.69) is 0 Å². The van der Waals surface area contributed by atoms with E-state index >= 15 is 0 Å². The predicted molar refractivity (Wildman–Crippen MR) is 73.9 cm³/mol. The van der Waals surface area contributed by atoms with Crippen LogP contribution < -0.4 is 14.2 Å². The van der Waals surface area contributed by atoms with Gasteiger partial charge in [0.1, 0.15) is 0 Å². The Labute approximate surface area is 118 Å². The molecule has 19 heavy (non-hydrogen) atoms. The number of nitrogens with zero attached hydrogens (tertiary/aromatic N) is 1. The van der Waals surface area contributed by atoms with Crippen LogP contribution in [0.25, 0.3) is 0 Å². The molecule has 0 saturated carbocycles. The van der Waals surface area contributed by atoms with Gasteiger partial charge in [0, 0.05) is 19.7 Å². The van der Waals surface area contributed by atoms with Gasteiger partial charge >= 0.3 is 0 Å².